The van der Waals surface area contributed by atoms with Crippen LogP contribution < -0.4 is 50.4 Å². The molecule has 4 amide bonds. The largest absolute Gasteiger partial charge is 0.445 e. The summed E-state index contributed by atoms with van der Waals surface area (Å²) < 4.78 is 117. The number of rotatable bonds is 43. The maximum atomic E-state index is 16.0. The van der Waals surface area contributed by atoms with Crippen LogP contribution in [0.15, 0.2) is 167 Å². The molecule has 0 bridgehead atoms. The van der Waals surface area contributed by atoms with Crippen molar-refractivity contribution in [2.45, 2.75) is 305 Å². The number of nitrogens with two attached hydrogens (primary N) is 6. The quantitative estimate of drug-likeness (QED) is 0.0147. The summed E-state index contributed by atoms with van der Waals surface area (Å²) in [4.78, 5) is 65.3. The van der Waals surface area contributed by atoms with Crippen LogP contribution in [0.5, 0.6) is 0 Å². The molecule has 13 rings (SSSR count). The SMILES string of the molecule is C[C@H]1C[C@@H](NC(=O)[C@@H](OCc2ccccc2)[C@H](F)CN=[N+]=[N-])[C@H](O)[C@@H](O[C@@H]2O[C@H](CO)[C@@H](O[C@H]3C[C@@H](CN=[N+]=[N-])[C@@H](O)[C@H](O)[C@H]3N=[N+]=[N-])[C@H]2O)[C@@H]1O[C@H]1O[C@H](CN(Cc2ccccc2)C(=O)OCc2ccccc2)CC[C@H]1NC(=O)OCc1ccccc1.NC[C@@H]1CC[C@@H](N)[C@@H](O[C@H]2[C@H](O[C@@H]3O[C@H](CO)[C@@H](O[C@H]4C[C@@H](CN)[C@@H](O)[C@H](O)[C@H]4N)[C@H]3O)[C@@H](O)[C@H](NC(=O)[C@@H](OCc3ccccc3)[C@H](F)CN)C[C@@H]2N)O1. The molecule has 4 heterocycles. The number of azide groups is 3. The van der Waals surface area contributed by atoms with Gasteiger partial charge in [0.25, 0.3) is 11.8 Å². The van der Waals surface area contributed by atoms with E-state index in [9.17, 15) is 75.8 Å². The van der Waals surface area contributed by atoms with Crippen LogP contribution in [-0.4, -0.2) is 347 Å². The summed E-state index contributed by atoms with van der Waals surface area (Å²) in [6.45, 7) is -1.49. The number of hydrogen-bond acceptors (Lipinski definition) is 37. The van der Waals surface area contributed by atoms with Gasteiger partial charge in [-0.3, -0.25) is 9.59 Å². The summed E-state index contributed by atoms with van der Waals surface area (Å²) in [6, 6.07) is 37.2. The molecule has 4 aliphatic heterocycles. The van der Waals surface area contributed by atoms with Gasteiger partial charge in [0.15, 0.2) is 37.4 Å². The van der Waals surface area contributed by atoms with Crippen LogP contribution in [0.2, 0.25) is 0 Å². The van der Waals surface area contributed by atoms with E-state index in [4.69, 9.17) is 112 Å². The van der Waals surface area contributed by atoms with E-state index in [1.165, 1.54) is 4.90 Å². The number of amides is 4. The number of alkyl halides is 2. The first-order chi connectivity index (χ1) is 69.0. The average molecular weight is 2020 g/mol. The Morgan fingerprint density at radius 1 is 0.462 bits per heavy atom. The smallest absolute Gasteiger partial charge is 0.410 e. The lowest BCUT2D eigenvalue weighted by Gasteiger charge is -2.47. The Bertz CT molecular complexity index is 4870. The van der Waals surface area contributed by atoms with Crippen LogP contribution in [0.25, 0.3) is 31.3 Å². The van der Waals surface area contributed by atoms with Gasteiger partial charge in [0.1, 0.15) is 92.7 Å². The predicted octanol–water partition coefficient (Wildman–Crippen LogP) is 0.944. The van der Waals surface area contributed by atoms with E-state index in [1.54, 1.807) is 91.9 Å². The highest BCUT2D eigenvalue weighted by Gasteiger charge is 2.58. The third-order valence-corrected chi connectivity index (χ3v) is 27.0. The Morgan fingerprint density at radius 2 is 0.937 bits per heavy atom. The number of hydrogen-bond donors (Lipinski definition) is 19. The van der Waals surface area contributed by atoms with Crippen molar-refractivity contribution in [1.82, 2.24) is 20.9 Å². The van der Waals surface area contributed by atoms with Crippen LogP contribution in [0.3, 0.4) is 0 Å². The van der Waals surface area contributed by atoms with Gasteiger partial charge in [-0.15, -0.1) is 0 Å². The molecule has 786 valence electrons. The Morgan fingerprint density at radius 3 is 1.46 bits per heavy atom. The van der Waals surface area contributed by atoms with Crippen LogP contribution in [0.4, 0.5) is 18.4 Å². The van der Waals surface area contributed by atoms with Gasteiger partial charge in [0.2, 0.25) is 0 Å². The van der Waals surface area contributed by atoms with Crippen molar-refractivity contribution in [3.05, 3.63) is 211 Å². The van der Waals surface area contributed by atoms with Gasteiger partial charge in [0.05, 0.1) is 131 Å². The van der Waals surface area contributed by atoms with Gasteiger partial charge in [-0.2, -0.15) is 0 Å². The van der Waals surface area contributed by atoms with Gasteiger partial charge in [-0.1, -0.05) is 174 Å². The van der Waals surface area contributed by atoms with E-state index in [1.807, 2.05) is 66.7 Å². The molecular formula is C94H133F2N19O28. The summed E-state index contributed by atoms with van der Waals surface area (Å²) in [6.07, 6.45) is -40.5. The molecule has 38 atom stereocenters. The van der Waals surface area contributed by atoms with Crippen LogP contribution in [-0.2, 0) is 109 Å². The van der Waals surface area contributed by atoms with Crippen LogP contribution in [0.1, 0.15) is 86.1 Å². The maximum absolute atomic E-state index is 16.0. The number of aliphatic hydroxyl groups is 10. The number of carbonyl (C=O) groups is 4. The zero-order valence-corrected chi connectivity index (χ0v) is 78.7. The lowest BCUT2D eigenvalue weighted by molar-refractivity contribution is -0.296. The summed E-state index contributed by atoms with van der Waals surface area (Å²) in [5.74, 6) is -4.19. The number of carbonyl (C=O) groups excluding carboxylic acids is 4. The topological polar surface area (TPSA) is 742 Å². The zero-order chi connectivity index (χ0) is 103. The highest BCUT2D eigenvalue weighted by Crippen LogP contribution is 2.42. The Hall–Kier alpha value is -9.75. The fraction of sp³-hybridized carbons (Fsp3) is 0.638. The standard InChI is InChI=1S/C59H73FN12O16.C35H60FN7O12/c1-34-24-43(66-55(78)52(41(60)27-65-70-62)81-31-36-16-8-3-9-17-36)48(75)54(88-57-50(77)53(45(30-73)86-57)85-44-25-39(26-64-69-61)47(74)49(76)46(44)68-71-63)51(34)87-56-42(67-58(79)82-32-37-18-10-4-11-19-37)23-22-40(84-56)29-72(28-35-14-6-2-7-15-35)59(80)83-33-38-20-12-5-13-21-38;36-18(12-39)29(50-14-15-4-2-1-3-5-15)33(49)43-21-9-20(41)30(54-34-19(40)7-6-17(11-38)51-34)32(26(21)46)55-35-28(48)31(23(13-44)53-35)52-22-8-16(10-37)25(45)27(47)24(22)42/h2-21,34,39-54,56-57,73-77H,22-33H2,1H3,(H,66,78)(H,67,79);1-5,16-32,34-35,44-48H,6-14,37-42H2,(H,43,49)/t34-,39-,40-,41+,42+,43+,44-,45+,46-,47+,48-,49+,50+,51+,52-,53+,54+,56+,57-;16-,17-,18+,19+,20-,21+,22-,23+,24-,25+,26-,27+,28+,29-,30+,31+,32+,34+,35-/m00/s1. The molecule has 8 fully saturated rings. The summed E-state index contributed by atoms with van der Waals surface area (Å²) >= 11 is 0. The summed E-state index contributed by atoms with van der Waals surface area (Å²) in [5.41, 5.74) is 67.5. The lowest BCUT2D eigenvalue weighted by Crippen LogP contribution is -2.67. The molecule has 0 radical (unpaired) electrons. The minimum absolute atomic E-state index is 0.0235. The normalized spacial score (nSPS) is 34.7. The van der Waals surface area contributed by atoms with Gasteiger partial charge in [-0.25, -0.2) is 18.4 Å². The maximum Gasteiger partial charge on any atom is 0.410 e. The molecule has 5 aromatic rings. The van der Waals surface area contributed by atoms with Gasteiger partial charge in [0, 0.05) is 52.9 Å². The number of nitrogens with zero attached hydrogens (tertiary/aromatic N) is 10. The molecule has 4 aliphatic carbocycles. The van der Waals surface area contributed by atoms with Crippen molar-refractivity contribution < 1.29 is 145 Å². The van der Waals surface area contributed by atoms with E-state index in [-0.39, 0.29) is 104 Å². The Labute approximate surface area is 822 Å². The first kappa shape index (κ1) is 112. The van der Waals surface area contributed by atoms with Crippen LogP contribution in [0, 0.1) is 17.8 Å². The molecule has 143 heavy (non-hydrogen) atoms. The van der Waals surface area contributed by atoms with Gasteiger partial charge >= 0.3 is 12.2 Å². The first-order valence-electron chi connectivity index (χ1n) is 47.8. The predicted molar refractivity (Wildman–Crippen MR) is 500 cm³/mol. The van der Waals surface area contributed by atoms with E-state index in [0.717, 1.165) is 11.1 Å². The van der Waals surface area contributed by atoms with Crippen LogP contribution >= 0.6 is 0 Å². The van der Waals surface area contributed by atoms with E-state index in [0.29, 0.717) is 29.5 Å². The molecule has 25 N–H and O–H groups in total. The molecule has 4 saturated carbocycles. The molecule has 5 aromatic carbocycles. The van der Waals surface area contributed by atoms with E-state index >= 15 is 8.78 Å². The van der Waals surface area contributed by atoms with Crippen molar-refractivity contribution in [3.8, 4) is 0 Å². The molecule has 0 aromatic heterocycles. The summed E-state index contributed by atoms with van der Waals surface area (Å²) in [7, 11) is 0. The molecule has 8 aliphatic rings. The third kappa shape index (κ3) is 30.0. The van der Waals surface area contributed by atoms with E-state index < -0.39 is 276 Å². The number of nitrogens with one attached hydrogen (secondary N) is 3. The van der Waals surface area contributed by atoms with E-state index in [2.05, 4.69) is 46.0 Å². The summed E-state index contributed by atoms with van der Waals surface area (Å²) in [5, 5.41) is 131. The highest BCUT2D eigenvalue weighted by molar-refractivity contribution is 5.82. The molecule has 49 heteroatoms. The van der Waals surface area contributed by atoms with Crippen molar-refractivity contribution in [3.63, 3.8) is 0 Å². The number of benzene rings is 5. The minimum atomic E-state index is -2.16. The van der Waals surface area contributed by atoms with Crippen molar-refractivity contribution in [1.29, 1.82) is 0 Å². The molecule has 0 spiro atoms. The fourth-order valence-electron chi connectivity index (χ4n) is 19.1. The highest BCUT2D eigenvalue weighted by atomic mass is 19.1. The molecular weight excluding hydrogens is 1880 g/mol. The van der Waals surface area contributed by atoms with Gasteiger partial charge in [-0.05, 0) is 114 Å². The second kappa shape index (κ2) is 55.1. The van der Waals surface area contributed by atoms with Crippen molar-refractivity contribution in [2.75, 3.05) is 52.5 Å². The van der Waals surface area contributed by atoms with Gasteiger partial charge < -0.3 is 173 Å². The second-order valence-electron chi connectivity index (χ2n) is 37.0. The minimum Gasteiger partial charge on any atom is -0.445 e. The fourth-order valence-corrected chi connectivity index (χ4v) is 19.1. The Balaban J connectivity index is 0.000000284. The Kier molecular flexibility index (Phi) is 43.2. The van der Waals surface area contributed by atoms with Crippen molar-refractivity contribution in [2.24, 2.45) is 67.5 Å². The van der Waals surface area contributed by atoms with Crippen molar-refractivity contribution >= 4 is 24.0 Å². The second-order valence-corrected chi connectivity index (χ2v) is 37.0. The number of aliphatic hydroxyl groups excluding tert-OH is 10. The number of ether oxygens (including phenoxy) is 14. The molecule has 4 saturated heterocycles. The monoisotopic (exact) mass is 2010 g/mol. The zero-order valence-electron chi connectivity index (χ0n) is 78.7. The lowest BCUT2D eigenvalue weighted by atomic mass is 9.79. The third-order valence-electron chi connectivity index (χ3n) is 27.0. The molecule has 47 nitrogen and oxygen atoms in total. The average Bonchev–Trinajstić information content (AvgIpc) is 1.74. The first-order valence-corrected chi connectivity index (χ1v) is 47.8. The number of alkyl carbamates (subject to hydrolysis) is 1. The molecule has 0 unspecified atom stereocenters. The number of halogens is 2.